The minimum atomic E-state index is -0.391. The maximum absolute atomic E-state index is 12.1. The highest BCUT2D eigenvalue weighted by Gasteiger charge is 2.35. The molecule has 6 nitrogen and oxygen atoms in total. The van der Waals surface area contributed by atoms with Gasteiger partial charge in [0.25, 0.3) is 0 Å². The Balaban J connectivity index is 1.44. The Labute approximate surface area is 135 Å². The Bertz CT molecular complexity index is 598. The molecule has 0 aromatic heterocycles. The summed E-state index contributed by atoms with van der Waals surface area (Å²) < 4.78 is 0. The van der Waals surface area contributed by atoms with E-state index in [2.05, 4.69) is 10.9 Å². The van der Waals surface area contributed by atoms with Gasteiger partial charge in [0.1, 0.15) is 0 Å². The highest BCUT2D eigenvalue weighted by molar-refractivity contribution is 5.90. The molecule has 1 heterocycles. The standard InChI is InChI=1S/C17H21N3O3/c21-15-10-14(17(23)19-18-16(22)13-6-7-13)11-20(15)9-8-12-4-2-1-3-5-12/h1-5,13-14H,6-11H2,(H,18,22)(H,19,23). The molecule has 0 spiro atoms. The van der Waals surface area contributed by atoms with Crippen LogP contribution in [-0.4, -0.2) is 35.7 Å². The zero-order valence-electron chi connectivity index (χ0n) is 13.0. The van der Waals surface area contributed by atoms with Gasteiger partial charge >= 0.3 is 0 Å². The lowest BCUT2D eigenvalue weighted by atomic mass is 10.1. The van der Waals surface area contributed by atoms with E-state index in [1.165, 1.54) is 5.56 Å². The van der Waals surface area contributed by atoms with Crippen molar-refractivity contribution in [3.63, 3.8) is 0 Å². The minimum absolute atomic E-state index is 0.00500. The van der Waals surface area contributed by atoms with E-state index < -0.39 is 5.92 Å². The molecule has 1 atom stereocenters. The van der Waals surface area contributed by atoms with Gasteiger partial charge in [-0.3, -0.25) is 25.2 Å². The number of nitrogens with one attached hydrogen (secondary N) is 2. The summed E-state index contributed by atoms with van der Waals surface area (Å²) in [6.07, 6.45) is 2.76. The molecule has 2 fully saturated rings. The van der Waals surface area contributed by atoms with Crippen LogP contribution < -0.4 is 10.9 Å². The SMILES string of the molecule is O=C(NNC(=O)C1CC(=O)N(CCc2ccccc2)C1)C1CC1. The predicted molar refractivity (Wildman–Crippen MR) is 83.8 cm³/mol. The molecule has 122 valence electrons. The van der Waals surface area contributed by atoms with Gasteiger partial charge in [-0.05, 0) is 24.8 Å². The number of benzene rings is 1. The lowest BCUT2D eigenvalue weighted by Crippen LogP contribution is -2.45. The van der Waals surface area contributed by atoms with E-state index in [1.807, 2.05) is 30.3 Å². The average Bonchev–Trinajstić information content (AvgIpc) is 3.35. The largest absolute Gasteiger partial charge is 0.342 e. The van der Waals surface area contributed by atoms with Gasteiger partial charge in [0.2, 0.25) is 17.7 Å². The molecule has 6 heteroatoms. The smallest absolute Gasteiger partial charge is 0.243 e. The summed E-state index contributed by atoms with van der Waals surface area (Å²) in [4.78, 5) is 37.3. The third kappa shape index (κ3) is 4.09. The van der Waals surface area contributed by atoms with Crippen LogP contribution in [0.5, 0.6) is 0 Å². The highest BCUT2D eigenvalue weighted by Crippen LogP contribution is 2.28. The number of hydrogen-bond donors (Lipinski definition) is 2. The molecule has 3 amide bonds. The van der Waals surface area contributed by atoms with E-state index in [1.54, 1.807) is 4.90 Å². The van der Waals surface area contributed by atoms with Gasteiger partial charge < -0.3 is 4.90 Å². The molecule has 3 rings (SSSR count). The van der Waals surface area contributed by atoms with E-state index in [4.69, 9.17) is 0 Å². The summed E-state index contributed by atoms with van der Waals surface area (Å²) in [5.74, 6) is -0.770. The molecule has 0 bridgehead atoms. The molecule has 23 heavy (non-hydrogen) atoms. The Hall–Kier alpha value is -2.37. The molecule has 1 saturated heterocycles. The number of carbonyl (C=O) groups excluding carboxylic acids is 3. The lowest BCUT2D eigenvalue weighted by Gasteiger charge is -2.16. The van der Waals surface area contributed by atoms with Crippen LogP contribution >= 0.6 is 0 Å². The van der Waals surface area contributed by atoms with Gasteiger partial charge in [0, 0.05) is 25.4 Å². The molecule has 1 aromatic carbocycles. The third-order valence-electron chi connectivity index (χ3n) is 4.36. The zero-order chi connectivity index (χ0) is 16.2. The summed E-state index contributed by atoms with van der Waals surface area (Å²) in [6.45, 7) is 1.03. The minimum Gasteiger partial charge on any atom is -0.342 e. The van der Waals surface area contributed by atoms with Gasteiger partial charge in [-0.15, -0.1) is 0 Å². The molecule has 2 aliphatic rings. The first-order valence-electron chi connectivity index (χ1n) is 8.05. The van der Waals surface area contributed by atoms with Crippen molar-refractivity contribution < 1.29 is 14.4 Å². The van der Waals surface area contributed by atoms with Gasteiger partial charge in [-0.1, -0.05) is 30.3 Å². The van der Waals surface area contributed by atoms with Crippen molar-refractivity contribution in [1.82, 2.24) is 15.8 Å². The van der Waals surface area contributed by atoms with Gasteiger partial charge in [-0.2, -0.15) is 0 Å². The number of likely N-dealkylation sites (tertiary alicyclic amines) is 1. The first kappa shape index (κ1) is 15.5. The van der Waals surface area contributed by atoms with Crippen LogP contribution in [0.1, 0.15) is 24.8 Å². The maximum atomic E-state index is 12.1. The fourth-order valence-electron chi connectivity index (χ4n) is 2.75. The van der Waals surface area contributed by atoms with E-state index >= 15 is 0 Å². The topological polar surface area (TPSA) is 78.5 Å². The summed E-state index contributed by atoms with van der Waals surface area (Å²) in [5, 5.41) is 0. The summed E-state index contributed by atoms with van der Waals surface area (Å²) in [6, 6.07) is 9.96. The maximum Gasteiger partial charge on any atom is 0.243 e. The Morgan fingerprint density at radius 2 is 1.70 bits per heavy atom. The summed E-state index contributed by atoms with van der Waals surface area (Å²) in [7, 11) is 0. The van der Waals surface area contributed by atoms with Crippen LogP contribution in [0.3, 0.4) is 0 Å². The average molecular weight is 315 g/mol. The van der Waals surface area contributed by atoms with Crippen LogP contribution in [0.15, 0.2) is 30.3 Å². The fourth-order valence-corrected chi connectivity index (χ4v) is 2.75. The van der Waals surface area contributed by atoms with Crippen LogP contribution in [-0.2, 0) is 20.8 Å². The number of hydrazine groups is 1. The van der Waals surface area contributed by atoms with E-state index in [0.29, 0.717) is 13.1 Å². The van der Waals surface area contributed by atoms with E-state index in [-0.39, 0.29) is 30.1 Å². The molecule has 0 radical (unpaired) electrons. The summed E-state index contributed by atoms with van der Waals surface area (Å²) in [5.41, 5.74) is 6.05. The third-order valence-corrected chi connectivity index (χ3v) is 4.36. The van der Waals surface area contributed by atoms with E-state index in [9.17, 15) is 14.4 Å². The normalized spacial score (nSPS) is 20.4. The Kier molecular flexibility index (Phi) is 4.60. The van der Waals surface area contributed by atoms with Crippen molar-refractivity contribution in [2.24, 2.45) is 11.8 Å². The predicted octanol–water partition coefficient (Wildman–Crippen LogP) is 0.635. The number of carbonyl (C=O) groups is 3. The molecule has 1 aliphatic carbocycles. The molecular weight excluding hydrogens is 294 g/mol. The van der Waals surface area contributed by atoms with Crippen molar-refractivity contribution in [3.05, 3.63) is 35.9 Å². The molecule has 2 N–H and O–H groups in total. The van der Waals surface area contributed by atoms with Crippen molar-refractivity contribution >= 4 is 17.7 Å². The van der Waals surface area contributed by atoms with Crippen molar-refractivity contribution in [2.75, 3.05) is 13.1 Å². The highest BCUT2D eigenvalue weighted by atomic mass is 16.2. The first-order valence-corrected chi connectivity index (χ1v) is 8.05. The monoisotopic (exact) mass is 315 g/mol. The molecule has 1 unspecified atom stereocenters. The second-order valence-corrected chi connectivity index (χ2v) is 6.23. The van der Waals surface area contributed by atoms with Crippen molar-refractivity contribution in [2.45, 2.75) is 25.7 Å². The summed E-state index contributed by atoms with van der Waals surface area (Å²) >= 11 is 0. The number of nitrogens with zero attached hydrogens (tertiary/aromatic N) is 1. The molecule has 1 aromatic rings. The molecule has 1 saturated carbocycles. The zero-order valence-corrected chi connectivity index (χ0v) is 13.0. The molecule has 1 aliphatic heterocycles. The second kappa shape index (κ2) is 6.81. The first-order chi connectivity index (χ1) is 11.1. The van der Waals surface area contributed by atoms with Gasteiger partial charge in [0.05, 0.1) is 5.92 Å². The van der Waals surface area contributed by atoms with Crippen LogP contribution in [0, 0.1) is 11.8 Å². The van der Waals surface area contributed by atoms with Crippen molar-refractivity contribution in [3.8, 4) is 0 Å². The second-order valence-electron chi connectivity index (χ2n) is 6.23. The van der Waals surface area contributed by atoms with Crippen LogP contribution in [0.25, 0.3) is 0 Å². The van der Waals surface area contributed by atoms with Crippen LogP contribution in [0.4, 0.5) is 0 Å². The molecular formula is C17H21N3O3. The van der Waals surface area contributed by atoms with Gasteiger partial charge in [0.15, 0.2) is 0 Å². The van der Waals surface area contributed by atoms with E-state index in [0.717, 1.165) is 19.3 Å². The van der Waals surface area contributed by atoms with Crippen LogP contribution in [0.2, 0.25) is 0 Å². The lowest BCUT2D eigenvalue weighted by molar-refractivity contribution is -0.132. The van der Waals surface area contributed by atoms with Crippen molar-refractivity contribution in [1.29, 1.82) is 0 Å². The quantitative estimate of drug-likeness (QED) is 0.783. The van der Waals surface area contributed by atoms with Gasteiger partial charge in [-0.25, -0.2) is 0 Å². The Morgan fingerprint density at radius 3 is 2.35 bits per heavy atom. The number of hydrogen-bond acceptors (Lipinski definition) is 3. The fraction of sp³-hybridized carbons (Fsp3) is 0.471. The number of amides is 3. The number of rotatable bonds is 5. The Morgan fingerprint density at radius 1 is 1.04 bits per heavy atom.